The maximum Gasteiger partial charge on any atom is 0.421 e. The molecule has 0 spiro atoms. The van der Waals surface area contributed by atoms with Gasteiger partial charge in [-0.1, -0.05) is 11.8 Å². The molecule has 20 heavy (non-hydrogen) atoms. The number of halogens is 3. The van der Waals surface area contributed by atoms with Gasteiger partial charge in [-0.15, -0.1) is 0 Å². The van der Waals surface area contributed by atoms with Crippen LogP contribution in [-0.2, 0) is 17.5 Å². The largest absolute Gasteiger partial charge is 0.421 e. The highest BCUT2D eigenvalue weighted by Crippen LogP contribution is 2.25. The van der Waals surface area contributed by atoms with E-state index in [2.05, 4.69) is 10.3 Å². The van der Waals surface area contributed by atoms with Gasteiger partial charge in [0.1, 0.15) is 12.1 Å². The molecule has 0 fully saturated rings. The van der Waals surface area contributed by atoms with Gasteiger partial charge in [0, 0.05) is 11.9 Å². The third-order valence-corrected chi connectivity index (χ3v) is 3.36. The van der Waals surface area contributed by atoms with Crippen molar-refractivity contribution in [3.63, 3.8) is 0 Å². The van der Waals surface area contributed by atoms with Gasteiger partial charge >= 0.3 is 6.18 Å². The number of aromatic nitrogens is 1. The minimum Gasteiger partial charge on any atom is -0.306 e. The van der Waals surface area contributed by atoms with Gasteiger partial charge in [-0.2, -0.15) is 13.2 Å². The molecule has 1 aromatic rings. The number of alkyl halides is 3. The van der Waals surface area contributed by atoms with E-state index < -0.39 is 29.8 Å². The van der Waals surface area contributed by atoms with Gasteiger partial charge < -0.3 is 9.88 Å². The smallest absolute Gasteiger partial charge is 0.306 e. The second kappa shape index (κ2) is 5.70. The molecule has 2 rings (SSSR count). The first-order valence-corrected chi connectivity index (χ1v) is 6.60. The number of carbonyl (C=O) groups is 1. The molecule has 0 aliphatic carbocycles. The molecule has 0 saturated carbocycles. The first-order chi connectivity index (χ1) is 9.38. The average Bonchev–Trinajstić information content (AvgIpc) is 2.83. The van der Waals surface area contributed by atoms with Crippen molar-refractivity contribution in [1.82, 2.24) is 9.88 Å². The summed E-state index contributed by atoms with van der Waals surface area (Å²) in [5.74, 6) is 0.165. The number of amidine groups is 1. The highest BCUT2D eigenvalue weighted by Gasteiger charge is 2.34. The zero-order chi connectivity index (χ0) is 14.8. The lowest BCUT2D eigenvalue weighted by Crippen LogP contribution is -2.36. The highest BCUT2D eigenvalue weighted by atomic mass is 32.2. The van der Waals surface area contributed by atoms with Gasteiger partial charge in [-0.25, -0.2) is 0 Å². The molecular weight excluding hydrogens is 295 g/mol. The number of hydrogen-bond acceptors (Lipinski definition) is 4. The predicted molar refractivity (Wildman–Crippen MR) is 68.6 cm³/mol. The van der Waals surface area contributed by atoms with Gasteiger partial charge in [0.05, 0.1) is 6.54 Å². The molecule has 1 aromatic heterocycles. The number of hydrogen-bond donors (Lipinski definition) is 1. The van der Waals surface area contributed by atoms with E-state index in [4.69, 9.17) is 0 Å². The van der Waals surface area contributed by atoms with Gasteiger partial charge in [0.2, 0.25) is 5.91 Å². The van der Waals surface area contributed by atoms with E-state index in [0.29, 0.717) is 17.8 Å². The molecule has 1 aliphatic heterocycles. The summed E-state index contributed by atoms with van der Waals surface area (Å²) in [4.78, 5) is 27.2. The van der Waals surface area contributed by atoms with Crippen molar-refractivity contribution in [3.8, 4) is 0 Å². The van der Waals surface area contributed by atoms with Crippen LogP contribution in [0, 0.1) is 0 Å². The fourth-order valence-electron chi connectivity index (χ4n) is 1.60. The number of thioether (sulfide) groups is 1. The summed E-state index contributed by atoms with van der Waals surface area (Å²) in [6.07, 6.45) is -3.59. The molecule has 1 N–H and O–H groups in total. The van der Waals surface area contributed by atoms with Gasteiger partial charge in [-0.05, 0) is 12.1 Å². The molecule has 0 bridgehead atoms. The maximum absolute atomic E-state index is 12.6. The van der Waals surface area contributed by atoms with Crippen LogP contribution in [0.5, 0.6) is 0 Å². The lowest BCUT2D eigenvalue weighted by molar-refractivity contribution is -0.139. The van der Waals surface area contributed by atoms with Crippen molar-refractivity contribution in [2.45, 2.75) is 12.7 Å². The number of nitrogens with zero attached hydrogens (tertiary/aromatic N) is 2. The van der Waals surface area contributed by atoms with Crippen molar-refractivity contribution in [2.24, 2.45) is 4.99 Å². The first-order valence-electron chi connectivity index (χ1n) is 5.61. The second-order valence-electron chi connectivity index (χ2n) is 3.94. The Balaban J connectivity index is 2.13. The SMILES string of the molecule is O=C(Cn1cccc(C(F)(F)F)c1=O)NC1=NCCS1. The summed E-state index contributed by atoms with van der Waals surface area (Å²) in [5.41, 5.74) is -2.53. The first kappa shape index (κ1) is 14.6. The van der Waals surface area contributed by atoms with Crippen LogP contribution in [0.1, 0.15) is 5.56 Å². The van der Waals surface area contributed by atoms with Gasteiger partial charge in [0.25, 0.3) is 5.56 Å². The molecular formula is C11H10F3N3O2S. The van der Waals surface area contributed by atoms with Crippen LogP contribution in [0.25, 0.3) is 0 Å². The molecule has 2 heterocycles. The van der Waals surface area contributed by atoms with E-state index in [1.54, 1.807) is 0 Å². The summed E-state index contributed by atoms with van der Waals surface area (Å²) < 4.78 is 38.4. The Kier molecular flexibility index (Phi) is 4.17. The monoisotopic (exact) mass is 305 g/mol. The highest BCUT2D eigenvalue weighted by molar-refractivity contribution is 8.14. The van der Waals surface area contributed by atoms with E-state index >= 15 is 0 Å². The Morgan fingerprint density at radius 1 is 1.50 bits per heavy atom. The minimum atomic E-state index is -4.73. The van der Waals surface area contributed by atoms with Crippen LogP contribution < -0.4 is 10.9 Å². The maximum atomic E-state index is 12.6. The van der Waals surface area contributed by atoms with Crippen molar-refractivity contribution < 1.29 is 18.0 Å². The lowest BCUT2D eigenvalue weighted by Gasteiger charge is -2.10. The number of carbonyl (C=O) groups excluding carboxylic acids is 1. The third-order valence-electron chi connectivity index (χ3n) is 2.47. The van der Waals surface area contributed by atoms with Crippen LogP contribution in [0.15, 0.2) is 28.1 Å². The number of rotatable bonds is 2. The fourth-order valence-corrected chi connectivity index (χ4v) is 2.35. The van der Waals surface area contributed by atoms with Crippen LogP contribution in [0.2, 0.25) is 0 Å². The molecule has 0 unspecified atom stereocenters. The normalized spacial score (nSPS) is 15.1. The number of aliphatic imine (C=N–C) groups is 1. The van der Waals surface area contributed by atoms with Crippen molar-refractivity contribution in [3.05, 3.63) is 34.2 Å². The second-order valence-corrected chi connectivity index (χ2v) is 5.02. The summed E-state index contributed by atoms with van der Waals surface area (Å²) >= 11 is 1.34. The summed E-state index contributed by atoms with van der Waals surface area (Å²) in [7, 11) is 0. The van der Waals surface area contributed by atoms with Crippen molar-refractivity contribution >= 4 is 22.8 Å². The van der Waals surface area contributed by atoms with Crippen LogP contribution >= 0.6 is 11.8 Å². The zero-order valence-corrected chi connectivity index (χ0v) is 10.9. The minimum absolute atomic E-state index is 0.426. The molecule has 9 heteroatoms. The standard InChI is InChI=1S/C11H10F3N3O2S/c12-11(13,14)7-2-1-4-17(9(7)19)6-8(18)16-10-15-3-5-20-10/h1-2,4H,3,5-6H2,(H,15,16,18). The Morgan fingerprint density at radius 2 is 2.25 bits per heavy atom. The van der Waals surface area contributed by atoms with Crippen LogP contribution in [0.3, 0.4) is 0 Å². The molecule has 1 amide bonds. The summed E-state index contributed by atoms with van der Waals surface area (Å²) in [6, 6.07) is 1.77. The Labute approximate surface area is 115 Å². The fraction of sp³-hybridized carbons (Fsp3) is 0.364. The quantitative estimate of drug-likeness (QED) is 0.889. The van der Waals surface area contributed by atoms with Crippen LogP contribution in [-0.4, -0.2) is 27.9 Å². The number of pyridine rings is 1. The van der Waals surface area contributed by atoms with E-state index in [-0.39, 0.29) is 0 Å². The number of nitrogens with one attached hydrogen (secondary N) is 1. The lowest BCUT2D eigenvalue weighted by atomic mass is 10.2. The Hall–Kier alpha value is -1.77. The summed E-state index contributed by atoms with van der Waals surface area (Å²) in [6.45, 7) is 0.103. The predicted octanol–water partition coefficient (Wildman–Crippen LogP) is 1.09. The molecule has 0 aromatic carbocycles. The molecule has 0 radical (unpaired) electrons. The third kappa shape index (κ3) is 3.41. The molecule has 108 valence electrons. The molecule has 5 nitrogen and oxygen atoms in total. The average molecular weight is 305 g/mol. The molecule has 0 atom stereocenters. The Bertz CT molecular complexity index is 610. The van der Waals surface area contributed by atoms with E-state index in [0.717, 1.165) is 22.6 Å². The van der Waals surface area contributed by atoms with Crippen molar-refractivity contribution in [2.75, 3.05) is 12.3 Å². The van der Waals surface area contributed by atoms with E-state index in [1.165, 1.54) is 11.8 Å². The summed E-state index contributed by atoms with van der Waals surface area (Å²) in [5, 5.41) is 2.87. The Morgan fingerprint density at radius 3 is 2.85 bits per heavy atom. The zero-order valence-electron chi connectivity index (χ0n) is 10.1. The molecule has 0 saturated heterocycles. The van der Waals surface area contributed by atoms with Gasteiger partial charge in [-0.3, -0.25) is 14.6 Å². The van der Waals surface area contributed by atoms with E-state index in [1.807, 2.05) is 0 Å². The molecule has 1 aliphatic rings. The van der Waals surface area contributed by atoms with Crippen LogP contribution in [0.4, 0.5) is 13.2 Å². The van der Waals surface area contributed by atoms with E-state index in [9.17, 15) is 22.8 Å². The topological polar surface area (TPSA) is 63.5 Å². The van der Waals surface area contributed by atoms with Crippen molar-refractivity contribution in [1.29, 1.82) is 0 Å². The number of amides is 1. The van der Waals surface area contributed by atoms with Gasteiger partial charge in [0.15, 0.2) is 5.17 Å².